The first-order chi connectivity index (χ1) is 62.8. The average molecular weight is 1970 g/mol. The minimum Gasteiger partial charge on any atom is -0.468 e. The molecule has 0 radical (unpaired) electrons. The van der Waals surface area contributed by atoms with Gasteiger partial charge in [0, 0.05) is 112 Å². The van der Waals surface area contributed by atoms with E-state index in [1.807, 2.05) is 135 Å². The van der Waals surface area contributed by atoms with Crippen LogP contribution in [0, 0.1) is 10.8 Å². The molecule has 0 aliphatic carbocycles. The van der Waals surface area contributed by atoms with Crippen LogP contribution in [0.25, 0.3) is 0 Å². The predicted octanol–water partition coefficient (Wildman–Crippen LogP) is 25.5. The van der Waals surface area contributed by atoms with Gasteiger partial charge in [0.15, 0.2) is 0 Å². The summed E-state index contributed by atoms with van der Waals surface area (Å²) in [7, 11) is 4.88. The van der Waals surface area contributed by atoms with Crippen LogP contribution in [0.5, 0.6) is 0 Å². The van der Waals surface area contributed by atoms with Gasteiger partial charge >= 0.3 is 24.2 Å². The molecule has 4 amide bonds. The number of nitrogens with one attached hydrogen (secondary N) is 5. The molecule has 0 saturated heterocycles. The zero-order valence-electron chi connectivity index (χ0n) is 80.9. The first kappa shape index (κ1) is 108. The second-order valence-corrected chi connectivity index (χ2v) is 45.1. The smallest absolute Gasteiger partial charge is 0.410 e. The Hall–Kier alpha value is -8.43. The number of ether oxygens (including phenoxy) is 4. The second kappa shape index (κ2) is 51.1. The summed E-state index contributed by atoms with van der Waals surface area (Å²) in [6.45, 7) is 38.2. The number of amides is 4. The van der Waals surface area contributed by atoms with Crippen molar-refractivity contribution in [3.8, 4) is 0 Å². The van der Waals surface area contributed by atoms with Crippen LogP contribution in [-0.2, 0) is 111 Å². The maximum absolute atomic E-state index is 12.6. The standard InChI is InChI=1S/C30H41ClN2O3S.C25H32ClN3O3S.C25H31ClN2O4S.C25H33ClN2OS/c1-29(2,3)16-13-23(34)20-37-24-10-7-21(8-11-24)19-32-27-25-15-18-33(28(35)36-30(4,5)6)17-14-22(25)9-12-26(27)31;1-25(2,3)32-23(30)29-14-12-18-8-11-21(26)22(20(18)13-15-29)27-16-17-6-9-19(10-7-17)33-24(31)28(4)5;1-25(2,3)32-24(30)28-13-11-18-7-10-21(26)23(20(18)12-14-28)27-15-17-5-8-19(9-6-17)33-16-22(29)31-4;1-25(2,3)13-10-20(29)17-30-21-7-4-18(5-8-21)16-28-24-22-12-15-27-14-11-19(22)6-9-23(24)26/h7-12,32H,13-20H2,1-6H3;6-11,27H,12-16H2,1-5H3;5-10,27H,11-16H2,1-4H3;4-9,27-28H,10-17H2,1-3H3. The van der Waals surface area contributed by atoms with E-state index in [0.29, 0.717) is 128 Å². The summed E-state index contributed by atoms with van der Waals surface area (Å²) >= 11 is 32.1. The van der Waals surface area contributed by atoms with Gasteiger partial charge in [0.2, 0.25) is 0 Å². The number of benzene rings is 8. The molecule has 4 heterocycles. The van der Waals surface area contributed by atoms with Crippen LogP contribution in [0.4, 0.5) is 41.9 Å². The summed E-state index contributed by atoms with van der Waals surface area (Å²) in [5.74, 6) is 1.74. The Kier molecular flexibility index (Phi) is 41.6. The van der Waals surface area contributed by atoms with Gasteiger partial charge in [-0.15, -0.1) is 35.3 Å². The third kappa shape index (κ3) is 37.2. The number of fused-ring (bicyclic) bond motifs is 4. The fourth-order valence-electron chi connectivity index (χ4n) is 14.9. The molecule has 0 saturated carbocycles. The number of rotatable bonds is 26. The number of Topliss-reactive ketones (excluding diaryl/α,β-unsaturated/α-hetero) is 2. The lowest BCUT2D eigenvalue weighted by Gasteiger charge is -2.26. The Bertz CT molecular complexity index is 5230. The number of hydrogen-bond donors (Lipinski definition) is 5. The molecule has 0 atom stereocenters. The largest absolute Gasteiger partial charge is 0.468 e. The second-order valence-electron chi connectivity index (χ2n) is 39.3. The molecule has 0 aromatic heterocycles. The third-order valence-electron chi connectivity index (χ3n) is 22.2. The van der Waals surface area contributed by atoms with Crippen molar-refractivity contribution in [1.82, 2.24) is 24.9 Å². The quantitative estimate of drug-likeness (QED) is 0.0193. The van der Waals surface area contributed by atoms with Crippen molar-refractivity contribution >= 4 is 157 Å². The number of carbonyl (C=O) groups is 7. The Morgan fingerprint density at radius 2 is 0.632 bits per heavy atom. The number of thioether (sulfide) groups is 4. The molecule has 720 valence electrons. The Morgan fingerprint density at radius 3 is 0.917 bits per heavy atom. The Morgan fingerprint density at radius 1 is 0.361 bits per heavy atom. The van der Waals surface area contributed by atoms with Gasteiger partial charge in [-0.25, -0.2) is 14.4 Å². The van der Waals surface area contributed by atoms with E-state index in [-0.39, 0.29) is 40.3 Å². The van der Waals surface area contributed by atoms with Crippen molar-refractivity contribution in [3.05, 3.63) is 232 Å². The fourth-order valence-corrected chi connectivity index (χ4v) is 18.8. The van der Waals surface area contributed by atoms with Gasteiger partial charge in [0.1, 0.15) is 28.4 Å². The molecular weight excluding hydrogens is 1830 g/mol. The Labute approximate surface area is 827 Å². The topological polar surface area (TPSA) is 230 Å². The summed E-state index contributed by atoms with van der Waals surface area (Å²) < 4.78 is 21.4. The predicted molar refractivity (Wildman–Crippen MR) is 553 cm³/mol. The molecule has 12 rings (SSSR count). The van der Waals surface area contributed by atoms with Crippen LogP contribution in [0.15, 0.2) is 165 Å². The normalized spacial score (nSPS) is 13.9. The van der Waals surface area contributed by atoms with Crippen molar-refractivity contribution in [3.63, 3.8) is 0 Å². The molecule has 20 nitrogen and oxygen atoms in total. The highest BCUT2D eigenvalue weighted by molar-refractivity contribution is 8.13. The summed E-state index contributed by atoms with van der Waals surface area (Å²) in [6.07, 6.45) is 8.79. The van der Waals surface area contributed by atoms with E-state index in [9.17, 15) is 33.6 Å². The van der Waals surface area contributed by atoms with Crippen LogP contribution < -0.4 is 26.6 Å². The first-order valence-electron chi connectivity index (χ1n) is 45.9. The monoisotopic (exact) mass is 1970 g/mol. The number of esters is 1. The zero-order chi connectivity index (χ0) is 97.0. The number of carbonyl (C=O) groups excluding carboxylic acids is 7. The lowest BCUT2D eigenvalue weighted by molar-refractivity contribution is -0.137. The minimum absolute atomic E-state index is 0.0000564. The molecule has 4 aliphatic rings. The lowest BCUT2D eigenvalue weighted by Crippen LogP contribution is -2.38. The highest BCUT2D eigenvalue weighted by atomic mass is 35.5. The van der Waals surface area contributed by atoms with E-state index in [1.54, 1.807) is 57.2 Å². The Balaban J connectivity index is 0.000000200. The van der Waals surface area contributed by atoms with Crippen LogP contribution in [0.1, 0.15) is 196 Å². The minimum atomic E-state index is -0.514. The van der Waals surface area contributed by atoms with Crippen LogP contribution in [0.3, 0.4) is 0 Å². The molecule has 8 aromatic rings. The van der Waals surface area contributed by atoms with E-state index in [1.165, 1.54) is 69.6 Å². The van der Waals surface area contributed by atoms with Crippen LogP contribution >= 0.6 is 93.5 Å². The van der Waals surface area contributed by atoms with E-state index in [0.717, 1.165) is 146 Å². The van der Waals surface area contributed by atoms with Gasteiger partial charge in [-0.3, -0.25) is 19.2 Å². The molecule has 4 aliphatic heterocycles. The first-order valence-corrected chi connectivity index (χ1v) is 51.1. The molecule has 0 spiro atoms. The molecule has 5 N–H and O–H groups in total. The van der Waals surface area contributed by atoms with E-state index in [4.69, 9.17) is 60.6 Å². The molecule has 0 bridgehead atoms. The van der Waals surface area contributed by atoms with Crippen molar-refractivity contribution in [2.24, 2.45) is 10.8 Å². The highest BCUT2D eigenvalue weighted by Gasteiger charge is 2.31. The molecule has 133 heavy (non-hydrogen) atoms. The molecule has 8 aromatic carbocycles. The van der Waals surface area contributed by atoms with Gasteiger partial charge < -0.3 is 65.1 Å². The highest BCUT2D eigenvalue weighted by Crippen LogP contribution is 2.39. The maximum Gasteiger partial charge on any atom is 0.410 e. The average Bonchev–Trinajstić information content (AvgIpc) is 1.75. The lowest BCUT2D eigenvalue weighted by atomic mass is 9.90. The molecule has 28 heteroatoms. The van der Waals surface area contributed by atoms with E-state index < -0.39 is 16.8 Å². The van der Waals surface area contributed by atoms with Crippen molar-refractivity contribution in [2.45, 2.75) is 243 Å². The fraction of sp³-hybridized carbons (Fsp3) is 0.476. The maximum atomic E-state index is 12.6. The summed E-state index contributed by atoms with van der Waals surface area (Å²) in [5, 5.41) is 20.4. The summed E-state index contributed by atoms with van der Waals surface area (Å²) in [4.78, 5) is 96.3. The van der Waals surface area contributed by atoms with Crippen LogP contribution in [0.2, 0.25) is 20.1 Å². The van der Waals surface area contributed by atoms with Gasteiger partial charge in [0.05, 0.1) is 67.2 Å². The van der Waals surface area contributed by atoms with Crippen LogP contribution in [-0.4, -0.2) is 168 Å². The number of anilines is 4. The number of ketones is 2. The summed E-state index contributed by atoms with van der Waals surface area (Å²) in [5.41, 5.74) is 17.0. The van der Waals surface area contributed by atoms with E-state index in [2.05, 4.69) is 146 Å². The number of methoxy groups -OCH3 is 1. The van der Waals surface area contributed by atoms with Crippen molar-refractivity contribution < 1.29 is 52.5 Å². The SMILES string of the molecule is CC(C)(C)CCC(=O)CSc1ccc(CNc2c(Cl)ccc3c2CCN(C(=O)OC(C)(C)C)CC3)cc1.CC(C)(C)CCC(=O)CSc1ccc(CNc2c(Cl)ccc3c2CCNCC3)cc1.CN(C)C(=O)Sc1ccc(CNc2c(Cl)ccc3c2CCN(C(=O)OC(C)(C)C)CC3)cc1.COC(=O)CSc1ccc(CNc2c(Cl)ccc3c2CCN(C(=O)OC(C)(C)C)CC3)cc1. The number of hydrogen-bond acceptors (Lipinski definition) is 20. The van der Waals surface area contributed by atoms with E-state index >= 15 is 0 Å². The van der Waals surface area contributed by atoms with Gasteiger partial charge in [-0.2, -0.15) is 0 Å². The van der Waals surface area contributed by atoms with Gasteiger partial charge in [0.25, 0.3) is 5.24 Å². The van der Waals surface area contributed by atoms with Crippen molar-refractivity contribution in [1.29, 1.82) is 0 Å². The van der Waals surface area contributed by atoms with Crippen molar-refractivity contribution in [2.75, 3.05) is 112 Å². The number of nitrogens with zero attached hydrogens (tertiary/aromatic N) is 4. The zero-order valence-corrected chi connectivity index (χ0v) is 87.2. The number of halogens is 4. The third-order valence-corrected chi connectivity index (χ3v) is 27.6. The van der Waals surface area contributed by atoms with Gasteiger partial charge in [-0.05, 0) is 302 Å². The molecule has 0 unspecified atom stereocenters. The molecule has 0 fully saturated rings. The summed E-state index contributed by atoms with van der Waals surface area (Å²) in [6, 6.07) is 48.9. The molecular formula is C105H137Cl4N9O11S4. The van der Waals surface area contributed by atoms with Gasteiger partial charge in [-0.1, -0.05) is 161 Å².